The molecule has 1 atom stereocenters. The van der Waals surface area contributed by atoms with Crippen LogP contribution in [0, 0.1) is 5.82 Å². The number of halogens is 1. The van der Waals surface area contributed by atoms with E-state index in [1.807, 2.05) is 30.3 Å². The quantitative estimate of drug-likeness (QED) is 0.167. The number of nitrogens with zero attached hydrogens (tertiary/aromatic N) is 5. The molecule has 0 aliphatic carbocycles. The Hall–Kier alpha value is -5.54. The largest absolute Gasteiger partial charge is 0.496 e. The summed E-state index contributed by atoms with van der Waals surface area (Å²) in [5.74, 6) is -1.17. The minimum absolute atomic E-state index is 0.0179. The average molecular weight is 631 g/mol. The highest BCUT2D eigenvalue weighted by atomic mass is 32.1. The van der Waals surface area contributed by atoms with E-state index in [1.54, 1.807) is 13.1 Å². The van der Waals surface area contributed by atoms with Gasteiger partial charge in [-0.2, -0.15) is 4.80 Å². The fraction of sp³-hybridized carbons (Fsp3) is 0.167. The Kier molecular flexibility index (Phi) is 9.50. The summed E-state index contributed by atoms with van der Waals surface area (Å²) >= 11 is 5.20. The number of methoxy groups -OCH3 is 1. The first kappa shape index (κ1) is 30.9. The standard InChI is InChI=1S/C30H27FN8O5S/c1-39-37-28(36-38-39)23(40)16-33-29(42)20-14-19-22(15-26(20)43-2)32-11-10-24(19)44-25-9-8-18(13-21(25)31)34-30(45)35-27(41)12-17-6-4-3-5-7-17/h3-11,13-15,23,40H,12,16H2,1-2H3,(H,33,42)(H2,34,35,41,45). The number of benzene rings is 3. The molecular weight excluding hydrogens is 603 g/mol. The van der Waals surface area contributed by atoms with Crippen LogP contribution < -0.4 is 25.4 Å². The lowest BCUT2D eigenvalue weighted by Gasteiger charge is -2.15. The van der Waals surface area contributed by atoms with E-state index in [0.29, 0.717) is 16.6 Å². The third-order valence-corrected chi connectivity index (χ3v) is 6.62. The third kappa shape index (κ3) is 7.70. The van der Waals surface area contributed by atoms with Crippen LogP contribution in [0.25, 0.3) is 10.9 Å². The van der Waals surface area contributed by atoms with Crippen LogP contribution in [-0.2, 0) is 18.3 Å². The number of aliphatic hydroxyl groups excluding tert-OH is 1. The molecule has 230 valence electrons. The number of anilines is 1. The monoisotopic (exact) mass is 630 g/mol. The molecule has 0 aliphatic rings. The Morgan fingerprint density at radius 3 is 2.58 bits per heavy atom. The van der Waals surface area contributed by atoms with Crippen LogP contribution in [0.2, 0.25) is 0 Å². The van der Waals surface area contributed by atoms with E-state index in [0.717, 1.165) is 5.56 Å². The minimum Gasteiger partial charge on any atom is -0.496 e. The molecule has 0 fully saturated rings. The summed E-state index contributed by atoms with van der Waals surface area (Å²) in [6.45, 7) is -0.187. The number of hydrogen-bond acceptors (Lipinski definition) is 10. The van der Waals surface area contributed by atoms with Gasteiger partial charge >= 0.3 is 0 Å². The molecule has 1 unspecified atom stereocenters. The summed E-state index contributed by atoms with van der Waals surface area (Å²) in [4.78, 5) is 30.9. The van der Waals surface area contributed by atoms with E-state index < -0.39 is 17.8 Å². The maximum absolute atomic E-state index is 15.1. The van der Waals surface area contributed by atoms with E-state index in [-0.39, 0.29) is 52.6 Å². The predicted octanol–water partition coefficient (Wildman–Crippen LogP) is 3.22. The van der Waals surface area contributed by atoms with Crippen molar-refractivity contribution in [3.05, 3.63) is 95.7 Å². The first-order valence-corrected chi connectivity index (χ1v) is 13.9. The molecular formula is C30H27FN8O5S. The van der Waals surface area contributed by atoms with E-state index in [9.17, 15) is 14.7 Å². The molecule has 5 aromatic rings. The minimum atomic E-state index is -1.19. The molecule has 15 heteroatoms. The lowest BCUT2D eigenvalue weighted by atomic mass is 10.1. The number of fused-ring (bicyclic) bond motifs is 1. The number of hydrogen-bond donors (Lipinski definition) is 4. The number of rotatable bonds is 10. The van der Waals surface area contributed by atoms with Gasteiger partial charge in [0.25, 0.3) is 5.91 Å². The molecule has 3 aromatic carbocycles. The normalized spacial score (nSPS) is 11.5. The Morgan fingerprint density at radius 1 is 1.07 bits per heavy atom. The van der Waals surface area contributed by atoms with Crippen LogP contribution >= 0.6 is 12.2 Å². The third-order valence-electron chi connectivity index (χ3n) is 6.42. The van der Waals surface area contributed by atoms with Gasteiger partial charge in [-0.05, 0) is 47.3 Å². The van der Waals surface area contributed by atoms with Gasteiger partial charge in [-0.1, -0.05) is 30.3 Å². The molecule has 0 saturated carbocycles. The van der Waals surface area contributed by atoms with Crippen molar-refractivity contribution in [3.8, 4) is 17.2 Å². The van der Waals surface area contributed by atoms with Gasteiger partial charge < -0.3 is 30.5 Å². The molecule has 0 saturated heterocycles. The summed E-state index contributed by atoms with van der Waals surface area (Å²) in [6, 6.07) is 17.9. The Bertz CT molecular complexity index is 1870. The summed E-state index contributed by atoms with van der Waals surface area (Å²) < 4.78 is 26.4. The van der Waals surface area contributed by atoms with Crippen molar-refractivity contribution in [1.82, 2.24) is 35.8 Å². The second kappa shape index (κ2) is 13.8. The first-order valence-electron chi connectivity index (χ1n) is 13.5. The number of ether oxygens (including phenoxy) is 2. The van der Waals surface area contributed by atoms with Crippen molar-refractivity contribution in [2.75, 3.05) is 19.0 Å². The molecule has 13 nitrogen and oxygen atoms in total. The van der Waals surface area contributed by atoms with Gasteiger partial charge in [-0.3, -0.25) is 14.6 Å². The van der Waals surface area contributed by atoms with Gasteiger partial charge in [0.1, 0.15) is 17.6 Å². The van der Waals surface area contributed by atoms with Gasteiger partial charge in [-0.15, -0.1) is 10.2 Å². The van der Waals surface area contributed by atoms with Gasteiger partial charge in [0.15, 0.2) is 16.7 Å². The van der Waals surface area contributed by atoms with Gasteiger partial charge in [-0.25, -0.2) is 4.39 Å². The zero-order chi connectivity index (χ0) is 31.9. The lowest BCUT2D eigenvalue weighted by Crippen LogP contribution is -2.35. The molecule has 5 rings (SSSR count). The molecule has 0 bridgehead atoms. The average Bonchev–Trinajstić information content (AvgIpc) is 3.47. The van der Waals surface area contributed by atoms with Crippen molar-refractivity contribution < 1.29 is 28.6 Å². The van der Waals surface area contributed by atoms with Crippen LogP contribution in [0.1, 0.15) is 27.8 Å². The highest BCUT2D eigenvalue weighted by Crippen LogP contribution is 2.34. The number of aryl methyl sites for hydroxylation is 1. The van der Waals surface area contributed by atoms with E-state index >= 15 is 4.39 Å². The Balaban J connectivity index is 1.28. The zero-order valence-corrected chi connectivity index (χ0v) is 24.8. The number of amides is 2. The number of nitrogens with one attached hydrogen (secondary N) is 3. The van der Waals surface area contributed by atoms with E-state index in [1.165, 1.54) is 48.4 Å². The van der Waals surface area contributed by atoms with Crippen molar-refractivity contribution in [2.45, 2.75) is 12.5 Å². The highest BCUT2D eigenvalue weighted by molar-refractivity contribution is 7.80. The van der Waals surface area contributed by atoms with E-state index in [2.05, 4.69) is 36.3 Å². The smallest absolute Gasteiger partial charge is 0.255 e. The number of thiocarbonyl (C=S) groups is 1. The molecule has 0 radical (unpaired) electrons. The number of aromatic nitrogens is 5. The van der Waals surface area contributed by atoms with Crippen molar-refractivity contribution in [2.24, 2.45) is 7.05 Å². The van der Waals surface area contributed by atoms with Crippen LogP contribution in [-0.4, -0.2) is 60.9 Å². The molecule has 2 heterocycles. The SMILES string of the molecule is COc1cc2nccc(Oc3ccc(NC(=S)NC(=O)Cc4ccccc4)cc3F)c2cc1C(=O)NCC(O)c1nnn(C)n1. The summed E-state index contributed by atoms with van der Waals surface area (Å²) in [5, 5.41) is 30.0. The fourth-order valence-electron chi connectivity index (χ4n) is 4.29. The first-order chi connectivity index (χ1) is 21.7. The lowest BCUT2D eigenvalue weighted by molar-refractivity contribution is -0.119. The van der Waals surface area contributed by atoms with Crippen molar-refractivity contribution in [1.29, 1.82) is 0 Å². The van der Waals surface area contributed by atoms with Gasteiger partial charge in [0.05, 0.1) is 38.2 Å². The molecule has 2 amide bonds. The second-order valence-electron chi connectivity index (χ2n) is 9.65. The molecule has 0 spiro atoms. The number of pyridine rings is 1. The Labute approximate surface area is 261 Å². The van der Waals surface area contributed by atoms with Crippen molar-refractivity contribution >= 4 is 45.7 Å². The van der Waals surface area contributed by atoms with Gasteiger partial charge in [0.2, 0.25) is 11.7 Å². The van der Waals surface area contributed by atoms with Crippen LogP contribution in [0.3, 0.4) is 0 Å². The predicted molar refractivity (Wildman–Crippen MR) is 165 cm³/mol. The molecule has 2 aromatic heterocycles. The fourth-order valence-corrected chi connectivity index (χ4v) is 4.52. The molecule has 0 aliphatic heterocycles. The van der Waals surface area contributed by atoms with Crippen LogP contribution in [0.5, 0.6) is 17.2 Å². The summed E-state index contributed by atoms with van der Waals surface area (Å²) in [7, 11) is 2.96. The van der Waals surface area contributed by atoms with Crippen molar-refractivity contribution in [3.63, 3.8) is 0 Å². The number of carbonyl (C=O) groups excluding carboxylic acids is 2. The van der Waals surface area contributed by atoms with Gasteiger partial charge in [0, 0.05) is 29.4 Å². The Morgan fingerprint density at radius 2 is 1.87 bits per heavy atom. The summed E-state index contributed by atoms with van der Waals surface area (Å²) in [6.07, 6.45) is 0.433. The number of tetrazole rings is 1. The molecule has 4 N–H and O–H groups in total. The number of carbonyl (C=O) groups is 2. The van der Waals surface area contributed by atoms with E-state index in [4.69, 9.17) is 21.7 Å². The second-order valence-corrected chi connectivity index (χ2v) is 10.1. The van der Waals surface area contributed by atoms with Crippen LogP contribution in [0.15, 0.2) is 72.9 Å². The topological polar surface area (TPSA) is 165 Å². The zero-order valence-electron chi connectivity index (χ0n) is 24.0. The molecule has 45 heavy (non-hydrogen) atoms. The maximum Gasteiger partial charge on any atom is 0.255 e. The summed E-state index contributed by atoms with van der Waals surface area (Å²) in [5.41, 5.74) is 1.69. The highest BCUT2D eigenvalue weighted by Gasteiger charge is 2.20. The van der Waals surface area contributed by atoms with Crippen LogP contribution in [0.4, 0.5) is 10.1 Å². The number of aliphatic hydroxyl groups is 1. The maximum atomic E-state index is 15.1.